The number of rotatable bonds is 7. The first-order valence-electron chi connectivity index (χ1n) is 8.41. The number of hydrogen-bond donors (Lipinski definition) is 2. The minimum atomic E-state index is -0.887. The van der Waals surface area contributed by atoms with E-state index in [0.29, 0.717) is 25.5 Å². The maximum atomic E-state index is 12.6. The van der Waals surface area contributed by atoms with E-state index in [2.05, 4.69) is 28.7 Å². The molecule has 2 unspecified atom stereocenters. The van der Waals surface area contributed by atoms with Crippen molar-refractivity contribution in [3.63, 3.8) is 0 Å². The Morgan fingerprint density at radius 1 is 1.48 bits per heavy atom. The lowest BCUT2D eigenvalue weighted by Crippen LogP contribution is -2.75. The molecule has 0 bridgehead atoms. The third kappa shape index (κ3) is 4.67. The molecular weight excluding hydrogens is 363 g/mol. The molecule has 1 saturated carbocycles. The molecule has 0 saturated heterocycles. The number of amides is 1. The number of nitrogens with two attached hydrogens (primary N) is 1. The number of nitrogens with one attached hydrogen (secondary N) is 1. The van der Waals surface area contributed by atoms with Crippen molar-refractivity contribution in [3.8, 4) is 0 Å². The van der Waals surface area contributed by atoms with Gasteiger partial charge in [-0.15, -0.1) is 24.8 Å². The molecule has 2 atom stereocenters. The molecule has 1 heterocycles. The van der Waals surface area contributed by atoms with Gasteiger partial charge in [0.05, 0.1) is 12.6 Å². The number of imidazole rings is 1. The molecule has 1 fully saturated rings. The maximum absolute atomic E-state index is 12.6. The van der Waals surface area contributed by atoms with E-state index in [9.17, 15) is 4.79 Å². The van der Waals surface area contributed by atoms with Crippen LogP contribution in [0.25, 0.3) is 0 Å². The number of ether oxygens (including phenoxy) is 1. The summed E-state index contributed by atoms with van der Waals surface area (Å²) in [6.45, 7) is 12.2. The van der Waals surface area contributed by atoms with Gasteiger partial charge in [-0.25, -0.2) is 4.98 Å². The number of hydrogen-bond acceptors (Lipinski definition) is 4. The highest BCUT2D eigenvalue weighted by atomic mass is 35.5. The first-order chi connectivity index (χ1) is 10.7. The number of halogens is 2. The quantitative estimate of drug-likeness (QED) is 0.743. The zero-order valence-corrected chi connectivity index (χ0v) is 17.4. The zero-order chi connectivity index (χ0) is 17.3. The molecule has 1 aromatic rings. The number of carbonyl (C=O) groups excluding carboxylic acids is 1. The summed E-state index contributed by atoms with van der Waals surface area (Å²) >= 11 is 0. The van der Waals surface area contributed by atoms with Crippen molar-refractivity contribution >= 4 is 30.7 Å². The summed E-state index contributed by atoms with van der Waals surface area (Å²) in [4.78, 5) is 16.9. The lowest BCUT2D eigenvalue weighted by molar-refractivity contribution is -0.170. The Morgan fingerprint density at radius 3 is 2.64 bits per heavy atom. The van der Waals surface area contributed by atoms with Crippen LogP contribution >= 0.6 is 24.8 Å². The van der Waals surface area contributed by atoms with Gasteiger partial charge in [0.2, 0.25) is 5.91 Å². The van der Waals surface area contributed by atoms with Crippen LogP contribution in [0.4, 0.5) is 0 Å². The van der Waals surface area contributed by atoms with E-state index in [-0.39, 0.29) is 42.2 Å². The molecule has 1 aliphatic carbocycles. The molecule has 0 radical (unpaired) electrons. The van der Waals surface area contributed by atoms with Gasteiger partial charge in [-0.2, -0.15) is 0 Å². The van der Waals surface area contributed by atoms with Crippen LogP contribution in [-0.4, -0.2) is 33.7 Å². The van der Waals surface area contributed by atoms with E-state index in [1.54, 1.807) is 6.20 Å². The van der Waals surface area contributed by atoms with E-state index >= 15 is 0 Å². The highest BCUT2D eigenvalue weighted by Crippen LogP contribution is 2.49. The SMILES string of the molecule is CCOC1CC(N)(C(=O)NCc2nccn2CC(C)C)C1(C)C.Cl.Cl. The molecule has 25 heavy (non-hydrogen) atoms. The lowest BCUT2D eigenvalue weighted by Gasteiger charge is -2.57. The summed E-state index contributed by atoms with van der Waals surface area (Å²) in [6, 6.07) is 0. The Kier molecular flexibility index (Phi) is 8.91. The van der Waals surface area contributed by atoms with Crippen LogP contribution in [0.3, 0.4) is 0 Å². The van der Waals surface area contributed by atoms with Gasteiger partial charge in [-0.1, -0.05) is 27.7 Å². The number of aromatic nitrogens is 2. The monoisotopic (exact) mass is 394 g/mol. The van der Waals surface area contributed by atoms with Crippen molar-refractivity contribution in [2.24, 2.45) is 17.1 Å². The third-order valence-corrected chi connectivity index (χ3v) is 5.01. The van der Waals surface area contributed by atoms with Crippen molar-refractivity contribution in [1.29, 1.82) is 0 Å². The predicted octanol–water partition coefficient (Wildman–Crippen LogP) is 2.53. The van der Waals surface area contributed by atoms with E-state index in [1.807, 2.05) is 27.0 Å². The highest BCUT2D eigenvalue weighted by molar-refractivity contribution is 5.88. The van der Waals surface area contributed by atoms with Gasteiger partial charge in [-0.05, 0) is 12.8 Å². The van der Waals surface area contributed by atoms with Gasteiger partial charge in [-0.3, -0.25) is 4.79 Å². The second-order valence-electron chi connectivity index (χ2n) is 7.41. The van der Waals surface area contributed by atoms with E-state index in [0.717, 1.165) is 12.4 Å². The van der Waals surface area contributed by atoms with Gasteiger partial charge in [0.15, 0.2) is 0 Å². The smallest absolute Gasteiger partial charge is 0.241 e. The molecule has 0 aliphatic heterocycles. The molecule has 0 spiro atoms. The normalized spacial score (nSPS) is 24.0. The predicted molar refractivity (Wildman–Crippen MR) is 104 cm³/mol. The molecule has 1 aromatic heterocycles. The first kappa shape index (κ1) is 24.2. The summed E-state index contributed by atoms with van der Waals surface area (Å²) in [5, 5.41) is 2.96. The van der Waals surface area contributed by atoms with E-state index in [1.165, 1.54) is 0 Å². The molecule has 0 aromatic carbocycles. The van der Waals surface area contributed by atoms with Crippen LogP contribution in [0.15, 0.2) is 12.4 Å². The molecule has 8 heteroatoms. The van der Waals surface area contributed by atoms with Crippen molar-refractivity contribution in [1.82, 2.24) is 14.9 Å². The molecule has 146 valence electrons. The van der Waals surface area contributed by atoms with Crippen molar-refractivity contribution in [2.45, 2.75) is 65.8 Å². The largest absolute Gasteiger partial charge is 0.378 e. The highest BCUT2D eigenvalue weighted by Gasteiger charge is 2.62. The second kappa shape index (κ2) is 9.21. The van der Waals surface area contributed by atoms with Crippen LogP contribution in [-0.2, 0) is 22.6 Å². The molecule has 1 amide bonds. The van der Waals surface area contributed by atoms with Crippen molar-refractivity contribution in [2.75, 3.05) is 6.61 Å². The van der Waals surface area contributed by atoms with Gasteiger partial charge in [0.1, 0.15) is 11.4 Å². The fourth-order valence-corrected chi connectivity index (χ4v) is 3.20. The Bertz CT molecular complexity index is 563. The van der Waals surface area contributed by atoms with Crippen LogP contribution in [0.1, 0.15) is 46.9 Å². The number of nitrogens with zero attached hydrogens (tertiary/aromatic N) is 2. The van der Waals surface area contributed by atoms with E-state index in [4.69, 9.17) is 10.5 Å². The standard InChI is InChI=1S/C17H30N4O2.2ClH/c1-6-23-13-9-17(18,16(13,4)5)15(22)20-10-14-19-7-8-21(14)11-12(2)3;;/h7-8,12-13H,6,9-11,18H2,1-5H3,(H,20,22);2*1H. The van der Waals surface area contributed by atoms with E-state index < -0.39 is 5.54 Å². The number of carbonyl (C=O) groups is 1. The zero-order valence-electron chi connectivity index (χ0n) is 15.7. The molecular formula is C17H32Cl2N4O2. The van der Waals surface area contributed by atoms with Crippen LogP contribution in [0.5, 0.6) is 0 Å². The average Bonchev–Trinajstić information content (AvgIpc) is 2.90. The Morgan fingerprint density at radius 2 is 2.12 bits per heavy atom. The van der Waals surface area contributed by atoms with Crippen LogP contribution in [0, 0.1) is 11.3 Å². The average molecular weight is 395 g/mol. The van der Waals surface area contributed by atoms with Gasteiger partial charge >= 0.3 is 0 Å². The van der Waals surface area contributed by atoms with Gasteiger partial charge in [0.25, 0.3) is 0 Å². The fraction of sp³-hybridized carbons (Fsp3) is 0.765. The summed E-state index contributed by atoms with van der Waals surface area (Å²) in [5.74, 6) is 1.25. The first-order valence-corrected chi connectivity index (χ1v) is 8.41. The maximum Gasteiger partial charge on any atom is 0.241 e. The van der Waals surface area contributed by atoms with Crippen molar-refractivity contribution < 1.29 is 9.53 Å². The third-order valence-electron chi connectivity index (χ3n) is 5.01. The topological polar surface area (TPSA) is 82.2 Å². The Hall–Kier alpha value is -0.820. The van der Waals surface area contributed by atoms with Crippen molar-refractivity contribution in [3.05, 3.63) is 18.2 Å². The Labute approximate surface area is 163 Å². The van der Waals surface area contributed by atoms with Gasteiger partial charge in [0, 0.05) is 37.4 Å². The van der Waals surface area contributed by atoms with Crippen LogP contribution < -0.4 is 11.1 Å². The summed E-state index contributed by atoms with van der Waals surface area (Å²) in [7, 11) is 0. The summed E-state index contributed by atoms with van der Waals surface area (Å²) < 4.78 is 7.75. The van der Waals surface area contributed by atoms with Gasteiger partial charge < -0.3 is 20.4 Å². The Balaban J connectivity index is 0.00000288. The fourth-order valence-electron chi connectivity index (χ4n) is 3.20. The molecule has 6 nitrogen and oxygen atoms in total. The minimum Gasteiger partial charge on any atom is -0.378 e. The molecule has 2 rings (SSSR count). The molecule has 3 N–H and O–H groups in total. The minimum absolute atomic E-state index is 0. The lowest BCUT2D eigenvalue weighted by atomic mass is 9.54. The molecule has 1 aliphatic rings. The summed E-state index contributed by atoms with van der Waals surface area (Å²) in [5.41, 5.74) is 5.12. The second-order valence-corrected chi connectivity index (χ2v) is 7.41. The summed E-state index contributed by atoms with van der Waals surface area (Å²) in [6.07, 6.45) is 4.30. The van der Waals surface area contributed by atoms with Crippen LogP contribution in [0.2, 0.25) is 0 Å².